The first-order valence-corrected chi connectivity index (χ1v) is 7.40. The number of hydrogen-bond acceptors (Lipinski definition) is 2. The molecule has 98 valence electrons. The Kier molecular flexibility index (Phi) is 4.44. The molecule has 1 fully saturated rings. The average Bonchev–Trinajstić information content (AvgIpc) is 2.38. The van der Waals surface area contributed by atoms with Gasteiger partial charge in [0.25, 0.3) is 0 Å². The quantitative estimate of drug-likeness (QED) is 0.782. The standard InChI is InChI=1S/C15H20BrNO/c1-11(2)12-5-7-17(8-6-12)15-4-3-14(16)9-13(15)10-18/h3-4,9-12H,5-8H2,1-2H3. The summed E-state index contributed by atoms with van der Waals surface area (Å²) >= 11 is 3.41. The third kappa shape index (κ3) is 2.94. The molecule has 0 aromatic heterocycles. The van der Waals surface area contributed by atoms with Crippen molar-refractivity contribution in [3.05, 3.63) is 28.2 Å². The first-order valence-electron chi connectivity index (χ1n) is 6.61. The second-order valence-corrected chi connectivity index (χ2v) is 6.31. The Balaban J connectivity index is 2.12. The number of benzene rings is 1. The summed E-state index contributed by atoms with van der Waals surface area (Å²) in [4.78, 5) is 13.5. The lowest BCUT2D eigenvalue weighted by atomic mass is 9.86. The van der Waals surface area contributed by atoms with Gasteiger partial charge in [-0.3, -0.25) is 4.79 Å². The van der Waals surface area contributed by atoms with Crippen LogP contribution in [0.25, 0.3) is 0 Å². The minimum Gasteiger partial charge on any atom is -0.371 e. The Hall–Kier alpha value is -0.830. The number of anilines is 1. The molecule has 0 N–H and O–H groups in total. The summed E-state index contributed by atoms with van der Waals surface area (Å²) in [6.07, 6.45) is 3.41. The van der Waals surface area contributed by atoms with Crippen molar-refractivity contribution in [1.82, 2.24) is 0 Å². The molecule has 1 aromatic rings. The summed E-state index contributed by atoms with van der Waals surface area (Å²) in [7, 11) is 0. The first-order chi connectivity index (χ1) is 8.61. The Labute approximate surface area is 117 Å². The third-order valence-electron chi connectivity index (χ3n) is 3.94. The number of rotatable bonds is 3. The largest absolute Gasteiger partial charge is 0.371 e. The van der Waals surface area contributed by atoms with Gasteiger partial charge in [-0.1, -0.05) is 29.8 Å². The second-order valence-electron chi connectivity index (χ2n) is 5.39. The monoisotopic (exact) mass is 309 g/mol. The molecule has 2 nitrogen and oxygen atoms in total. The highest BCUT2D eigenvalue weighted by molar-refractivity contribution is 9.10. The zero-order chi connectivity index (χ0) is 13.1. The van der Waals surface area contributed by atoms with Crippen LogP contribution in [0.3, 0.4) is 0 Å². The molecule has 0 atom stereocenters. The van der Waals surface area contributed by atoms with Gasteiger partial charge in [0, 0.05) is 28.8 Å². The van der Waals surface area contributed by atoms with Gasteiger partial charge < -0.3 is 4.90 Å². The highest BCUT2D eigenvalue weighted by Crippen LogP contribution is 2.30. The molecule has 3 heteroatoms. The van der Waals surface area contributed by atoms with Crippen LogP contribution in [0.15, 0.2) is 22.7 Å². The fraction of sp³-hybridized carbons (Fsp3) is 0.533. The molecule has 1 aliphatic heterocycles. The average molecular weight is 310 g/mol. The van der Waals surface area contributed by atoms with Gasteiger partial charge in [0.15, 0.2) is 6.29 Å². The lowest BCUT2D eigenvalue weighted by molar-refractivity contribution is 0.112. The molecule has 0 spiro atoms. The van der Waals surface area contributed by atoms with Crippen molar-refractivity contribution in [2.45, 2.75) is 26.7 Å². The number of halogens is 1. The van der Waals surface area contributed by atoms with Crippen LogP contribution in [0.2, 0.25) is 0 Å². The van der Waals surface area contributed by atoms with Gasteiger partial charge in [-0.05, 0) is 42.9 Å². The Morgan fingerprint density at radius 1 is 1.33 bits per heavy atom. The molecule has 1 heterocycles. The maximum atomic E-state index is 11.1. The minimum atomic E-state index is 0.766. The molecule has 1 saturated heterocycles. The first kappa shape index (κ1) is 13.6. The van der Waals surface area contributed by atoms with E-state index in [9.17, 15) is 4.79 Å². The summed E-state index contributed by atoms with van der Waals surface area (Å²) in [5, 5.41) is 0. The molecule has 0 aliphatic carbocycles. The predicted octanol–water partition coefficient (Wildman–Crippen LogP) is 4.13. The molecule has 0 saturated carbocycles. The molecule has 0 radical (unpaired) electrons. The molecule has 0 amide bonds. The van der Waals surface area contributed by atoms with E-state index in [-0.39, 0.29) is 0 Å². The van der Waals surface area contributed by atoms with Crippen LogP contribution < -0.4 is 4.90 Å². The van der Waals surface area contributed by atoms with Gasteiger partial charge in [0.05, 0.1) is 0 Å². The molecule has 0 unspecified atom stereocenters. The van der Waals surface area contributed by atoms with E-state index in [1.165, 1.54) is 12.8 Å². The summed E-state index contributed by atoms with van der Waals surface area (Å²) in [5.74, 6) is 1.60. The van der Waals surface area contributed by atoms with Crippen LogP contribution in [-0.2, 0) is 0 Å². The molecule has 0 bridgehead atoms. The van der Waals surface area contributed by atoms with Gasteiger partial charge in [0.2, 0.25) is 0 Å². The second kappa shape index (κ2) is 5.87. The summed E-state index contributed by atoms with van der Waals surface area (Å²) in [6, 6.07) is 5.96. The Morgan fingerprint density at radius 2 is 2.00 bits per heavy atom. The molecule has 1 aliphatic rings. The van der Waals surface area contributed by atoms with Crippen molar-refractivity contribution >= 4 is 27.9 Å². The Bertz CT molecular complexity index is 423. The van der Waals surface area contributed by atoms with E-state index in [1.807, 2.05) is 18.2 Å². The topological polar surface area (TPSA) is 20.3 Å². The zero-order valence-electron chi connectivity index (χ0n) is 11.0. The normalized spacial score (nSPS) is 17.2. The number of hydrogen-bond donors (Lipinski definition) is 0. The maximum absolute atomic E-state index is 11.1. The highest BCUT2D eigenvalue weighted by atomic mass is 79.9. The zero-order valence-corrected chi connectivity index (χ0v) is 12.6. The highest BCUT2D eigenvalue weighted by Gasteiger charge is 2.22. The summed E-state index contributed by atoms with van der Waals surface area (Å²) in [5.41, 5.74) is 1.86. The number of aldehydes is 1. The summed E-state index contributed by atoms with van der Waals surface area (Å²) in [6.45, 7) is 6.73. The molecular formula is C15H20BrNO. The van der Waals surface area contributed by atoms with Crippen LogP contribution >= 0.6 is 15.9 Å². The van der Waals surface area contributed by atoms with E-state index in [1.54, 1.807) is 0 Å². The van der Waals surface area contributed by atoms with E-state index in [4.69, 9.17) is 0 Å². The van der Waals surface area contributed by atoms with Crippen molar-refractivity contribution in [1.29, 1.82) is 0 Å². The predicted molar refractivity (Wildman–Crippen MR) is 79.3 cm³/mol. The van der Waals surface area contributed by atoms with E-state index < -0.39 is 0 Å². The van der Waals surface area contributed by atoms with Crippen LogP contribution in [0.4, 0.5) is 5.69 Å². The van der Waals surface area contributed by atoms with Gasteiger partial charge in [-0.15, -0.1) is 0 Å². The third-order valence-corrected chi connectivity index (χ3v) is 4.43. The minimum absolute atomic E-state index is 0.766. The van der Waals surface area contributed by atoms with Crippen LogP contribution in [0, 0.1) is 11.8 Å². The number of piperidine rings is 1. The van der Waals surface area contributed by atoms with Crippen LogP contribution in [-0.4, -0.2) is 19.4 Å². The van der Waals surface area contributed by atoms with Crippen molar-refractivity contribution in [2.75, 3.05) is 18.0 Å². The molecular weight excluding hydrogens is 290 g/mol. The maximum Gasteiger partial charge on any atom is 0.152 e. The van der Waals surface area contributed by atoms with Crippen molar-refractivity contribution in [3.8, 4) is 0 Å². The molecule has 2 rings (SSSR count). The molecule has 18 heavy (non-hydrogen) atoms. The van der Waals surface area contributed by atoms with E-state index in [0.717, 1.165) is 46.9 Å². The van der Waals surface area contributed by atoms with Crippen LogP contribution in [0.5, 0.6) is 0 Å². The smallest absolute Gasteiger partial charge is 0.152 e. The Morgan fingerprint density at radius 3 is 2.56 bits per heavy atom. The number of carbonyl (C=O) groups is 1. The van der Waals surface area contributed by atoms with E-state index in [2.05, 4.69) is 34.7 Å². The lowest BCUT2D eigenvalue weighted by Crippen LogP contribution is -2.35. The molecule has 1 aromatic carbocycles. The summed E-state index contributed by atoms with van der Waals surface area (Å²) < 4.78 is 0.963. The number of nitrogens with zero attached hydrogens (tertiary/aromatic N) is 1. The fourth-order valence-electron chi connectivity index (χ4n) is 2.71. The van der Waals surface area contributed by atoms with Crippen molar-refractivity contribution in [2.24, 2.45) is 11.8 Å². The van der Waals surface area contributed by atoms with Crippen molar-refractivity contribution in [3.63, 3.8) is 0 Å². The van der Waals surface area contributed by atoms with E-state index >= 15 is 0 Å². The van der Waals surface area contributed by atoms with Gasteiger partial charge in [-0.2, -0.15) is 0 Å². The van der Waals surface area contributed by atoms with Gasteiger partial charge >= 0.3 is 0 Å². The lowest BCUT2D eigenvalue weighted by Gasteiger charge is -2.36. The van der Waals surface area contributed by atoms with E-state index in [0.29, 0.717) is 0 Å². The van der Waals surface area contributed by atoms with Crippen molar-refractivity contribution < 1.29 is 4.79 Å². The van der Waals surface area contributed by atoms with Gasteiger partial charge in [0.1, 0.15) is 0 Å². The fourth-order valence-corrected chi connectivity index (χ4v) is 3.09. The SMILES string of the molecule is CC(C)C1CCN(c2ccc(Br)cc2C=O)CC1. The number of carbonyl (C=O) groups excluding carboxylic acids is 1. The van der Waals surface area contributed by atoms with Crippen LogP contribution in [0.1, 0.15) is 37.0 Å². The van der Waals surface area contributed by atoms with Gasteiger partial charge in [-0.25, -0.2) is 0 Å².